The third-order valence-corrected chi connectivity index (χ3v) is 7.54. The van der Waals surface area contributed by atoms with E-state index in [1.165, 1.54) is 29.5 Å². The quantitative estimate of drug-likeness (QED) is 0.327. The molecule has 0 aromatic heterocycles. The number of ether oxygens (including phenoxy) is 2. The van der Waals surface area contributed by atoms with Gasteiger partial charge in [-0.1, -0.05) is 64.2 Å². The van der Waals surface area contributed by atoms with Crippen molar-refractivity contribution in [3.8, 4) is 0 Å². The average Bonchev–Trinajstić information content (AvgIpc) is 3.47. The van der Waals surface area contributed by atoms with Gasteiger partial charge in [-0.25, -0.2) is 0 Å². The Morgan fingerprint density at radius 1 is 0.969 bits per heavy atom. The standard InChI is InChI=1S/C28H38O4/c1-5-8-9-10-11-12-22(29)32-28-25-21-14-13-20(31-21)24(25)27(30)26(28)23-18(6-2)15-17(4)16-19(23)7-3/h15-16,20-21,24-25H,5-14H2,1-4H3/t20-,21+,24-,25+/m0/s1. The highest BCUT2D eigenvalue weighted by Crippen LogP contribution is 2.55. The third-order valence-electron chi connectivity index (χ3n) is 7.54. The molecule has 0 spiro atoms. The van der Waals surface area contributed by atoms with Gasteiger partial charge < -0.3 is 9.47 Å². The topological polar surface area (TPSA) is 52.6 Å². The monoisotopic (exact) mass is 438 g/mol. The Balaban J connectivity index is 1.69. The Labute approximate surface area is 192 Å². The number of rotatable bonds is 10. The number of allylic oxidation sites excluding steroid dienone is 1. The minimum absolute atomic E-state index is 0.000550. The van der Waals surface area contributed by atoms with Gasteiger partial charge in [-0.05, 0) is 55.7 Å². The van der Waals surface area contributed by atoms with Crippen LogP contribution in [0, 0.1) is 18.8 Å². The number of aryl methyl sites for hydroxylation is 3. The van der Waals surface area contributed by atoms with Crippen LogP contribution >= 0.6 is 0 Å². The first-order valence-electron chi connectivity index (χ1n) is 12.8. The van der Waals surface area contributed by atoms with E-state index < -0.39 is 0 Å². The molecule has 1 aromatic carbocycles. The van der Waals surface area contributed by atoms with E-state index in [0.717, 1.165) is 50.5 Å². The van der Waals surface area contributed by atoms with Crippen LogP contribution in [0.3, 0.4) is 0 Å². The van der Waals surface area contributed by atoms with Crippen LogP contribution in [-0.2, 0) is 31.9 Å². The summed E-state index contributed by atoms with van der Waals surface area (Å²) in [6.07, 6.45) is 9.38. The number of hydrogen-bond donors (Lipinski definition) is 0. The molecule has 0 N–H and O–H groups in total. The van der Waals surface area contributed by atoms with Gasteiger partial charge in [0.25, 0.3) is 0 Å². The molecule has 2 heterocycles. The van der Waals surface area contributed by atoms with Crippen molar-refractivity contribution in [2.24, 2.45) is 11.8 Å². The molecular weight excluding hydrogens is 400 g/mol. The molecule has 3 aliphatic rings. The van der Waals surface area contributed by atoms with Gasteiger partial charge in [0.05, 0.1) is 29.6 Å². The second-order valence-corrected chi connectivity index (χ2v) is 9.75. The first-order chi connectivity index (χ1) is 15.5. The van der Waals surface area contributed by atoms with E-state index in [9.17, 15) is 9.59 Å². The molecule has 0 unspecified atom stereocenters. The predicted molar refractivity (Wildman–Crippen MR) is 126 cm³/mol. The zero-order valence-electron chi connectivity index (χ0n) is 20.2. The predicted octanol–water partition coefficient (Wildman–Crippen LogP) is 6.11. The van der Waals surface area contributed by atoms with E-state index in [0.29, 0.717) is 17.8 Å². The number of fused-ring (bicyclic) bond motifs is 5. The van der Waals surface area contributed by atoms with E-state index >= 15 is 0 Å². The van der Waals surface area contributed by atoms with Crippen LogP contribution in [0.25, 0.3) is 5.57 Å². The van der Waals surface area contributed by atoms with Crippen molar-refractivity contribution in [2.45, 2.75) is 104 Å². The van der Waals surface area contributed by atoms with Crippen LogP contribution in [0.1, 0.15) is 94.4 Å². The van der Waals surface area contributed by atoms with Crippen LogP contribution in [0.15, 0.2) is 17.9 Å². The van der Waals surface area contributed by atoms with E-state index in [-0.39, 0.29) is 35.8 Å². The Bertz CT molecular complexity index is 887. The summed E-state index contributed by atoms with van der Waals surface area (Å²) in [6.45, 7) is 8.56. The number of ketones is 1. The normalized spacial score (nSPS) is 26.2. The van der Waals surface area contributed by atoms with Crippen LogP contribution in [0.4, 0.5) is 0 Å². The lowest BCUT2D eigenvalue weighted by atomic mass is 9.80. The molecule has 4 rings (SSSR count). The van der Waals surface area contributed by atoms with Crippen molar-refractivity contribution in [1.82, 2.24) is 0 Å². The second-order valence-electron chi connectivity index (χ2n) is 9.75. The molecule has 1 aliphatic carbocycles. The van der Waals surface area contributed by atoms with Crippen LogP contribution in [0.5, 0.6) is 0 Å². The molecule has 4 nitrogen and oxygen atoms in total. The lowest BCUT2D eigenvalue weighted by Crippen LogP contribution is -2.29. The van der Waals surface area contributed by atoms with Gasteiger partial charge in [0.2, 0.25) is 0 Å². The van der Waals surface area contributed by atoms with Gasteiger partial charge in [0.15, 0.2) is 5.78 Å². The summed E-state index contributed by atoms with van der Waals surface area (Å²) in [5.74, 6) is 0.247. The molecule has 0 radical (unpaired) electrons. The fourth-order valence-corrected chi connectivity index (χ4v) is 6.03. The first kappa shape index (κ1) is 23.2. The number of benzene rings is 1. The maximum Gasteiger partial charge on any atom is 0.310 e. The maximum atomic E-state index is 13.8. The number of hydrogen-bond acceptors (Lipinski definition) is 4. The van der Waals surface area contributed by atoms with E-state index in [4.69, 9.17) is 9.47 Å². The van der Waals surface area contributed by atoms with Crippen molar-refractivity contribution in [2.75, 3.05) is 0 Å². The molecule has 1 aromatic rings. The smallest absolute Gasteiger partial charge is 0.310 e. The molecule has 2 fully saturated rings. The minimum atomic E-state index is -0.201. The number of unbranched alkanes of at least 4 members (excludes halogenated alkanes) is 4. The molecular formula is C28H38O4. The van der Waals surface area contributed by atoms with Gasteiger partial charge in [-0.3, -0.25) is 9.59 Å². The van der Waals surface area contributed by atoms with Crippen LogP contribution < -0.4 is 0 Å². The molecule has 32 heavy (non-hydrogen) atoms. The summed E-state index contributed by atoms with van der Waals surface area (Å²) in [5.41, 5.74) is 5.25. The lowest BCUT2D eigenvalue weighted by molar-refractivity contribution is -0.140. The fourth-order valence-electron chi connectivity index (χ4n) is 6.03. The van der Waals surface area contributed by atoms with Gasteiger partial charge in [0, 0.05) is 6.42 Å². The Morgan fingerprint density at radius 2 is 1.59 bits per heavy atom. The number of Topliss-reactive ketones (excluding diaryl/α,β-unsaturated/α-hetero) is 1. The molecule has 2 saturated heterocycles. The molecule has 4 atom stereocenters. The highest BCUT2D eigenvalue weighted by Gasteiger charge is 2.60. The SMILES string of the molecule is CCCCCCCC(=O)OC1=C(c2c(CC)cc(C)cc2CC)C(=O)[C@@H]2[C@H]1[C@H]1CC[C@@H]2O1. The molecule has 0 amide bonds. The number of esters is 1. The van der Waals surface area contributed by atoms with Gasteiger partial charge in [-0.2, -0.15) is 0 Å². The Hall–Kier alpha value is -1.94. The summed E-state index contributed by atoms with van der Waals surface area (Å²) in [5, 5.41) is 0. The Morgan fingerprint density at radius 3 is 2.22 bits per heavy atom. The summed E-state index contributed by atoms with van der Waals surface area (Å²) in [7, 11) is 0. The van der Waals surface area contributed by atoms with Crippen molar-refractivity contribution in [1.29, 1.82) is 0 Å². The summed E-state index contributed by atoms with van der Waals surface area (Å²) < 4.78 is 12.2. The van der Waals surface area contributed by atoms with Crippen molar-refractivity contribution >= 4 is 17.3 Å². The van der Waals surface area contributed by atoms with Crippen molar-refractivity contribution in [3.05, 3.63) is 40.1 Å². The van der Waals surface area contributed by atoms with Crippen LogP contribution in [-0.4, -0.2) is 24.0 Å². The summed E-state index contributed by atoms with van der Waals surface area (Å²) in [6, 6.07) is 4.36. The van der Waals surface area contributed by atoms with Crippen molar-refractivity contribution < 1.29 is 19.1 Å². The first-order valence-corrected chi connectivity index (χ1v) is 12.8. The van der Waals surface area contributed by atoms with E-state index in [1.807, 2.05) is 0 Å². The summed E-state index contributed by atoms with van der Waals surface area (Å²) in [4.78, 5) is 26.7. The van der Waals surface area contributed by atoms with Crippen LogP contribution in [0.2, 0.25) is 0 Å². The molecule has 2 bridgehead atoms. The zero-order valence-corrected chi connectivity index (χ0v) is 20.2. The van der Waals surface area contributed by atoms with Gasteiger partial charge in [0.1, 0.15) is 5.76 Å². The molecule has 2 aliphatic heterocycles. The largest absolute Gasteiger partial charge is 0.430 e. The third kappa shape index (κ3) is 4.19. The molecule has 4 heteroatoms. The van der Waals surface area contributed by atoms with E-state index in [1.54, 1.807) is 0 Å². The second kappa shape index (κ2) is 9.91. The maximum absolute atomic E-state index is 13.8. The lowest BCUT2D eigenvalue weighted by Gasteiger charge is -2.22. The highest BCUT2D eigenvalue weighted by atomic mass is 16.5. The summed E-state index contributed by atoms with van der Waals surface area (Å²) >= 11 is 0. The molecule has 174 valence electrons. The number of carbonyl (C=O) groups excluding carboxylic acids is 2. The van der Waals surface area contributed by atoms with Gasteiger partial charge >= 0.3 is 5.97 Å². The van der Waals surface area contributed by atoms with Crippen molar-refractivity contribution in [3.63, 3.8) is 0 Å². The number of carbonyl (C=O) groups is 2. The zero-order chi connectivity index (χ0) is 22.8. The Kier molecular flexibility index (Phi) is 7.19. The highest BCUT2D eigenvalue weighted by molar-refractivity contribution is 6.26. The molecule has 0 saturated carbocycles. The average molecular weight is 439 g/mol. The van der Waals surface area contributed by atoms with E-state index in [2.05, 4.69) is 39.8 Å². The minimum Gasteiger partial charge on any atom is -0.430 e. The van der Waals surface area contributed by atoms with Gasteiger partial charge in [-0.15, -0.1) is 0 Å². The fraction of sp³-hybridized carbons (Fsp3) is 0.643.